The minimum atomic E-state index is 0.772. The minimum Gasteiger partial charge on any atom is -0.310 e. The number of hydrogen-bond acceptors (Lipinski definition) is 2. The predicted molar refractivity (Wildman–Crippen MR) is 72.1 cm³/mol. The maximum atomic E-state index is 3.84. The molecule has 3 rings (SSSR count). The van der Waals surface area contributed by atoms with Gasteiger partial charge < -0.3 is 5.32 Å². The zero-order valence-corrected chi connectivity index (χ0v) is 11.5. The van der Waals surface area contributed by atoms with E-state index >= 15 is 0 Å². The topological polar surface area (TPSA) is 15.3 Å². The van der Waals surface area contributed by atoms with Gasteiger partial charge in [-0.25, -0.2) is 0 Å². The standard InChI is InChI=1S/C15H28N2/c1-11-8-15(16-14-6-7-14)10-17(9-11)12(2)13-4-3-5-13/h11-16H,3-10H2,1-2H3. The smallest absolute Gasteiger partial charge is 0.0200 e. The third-order valence-corrected chi connectivity index (χ3v) is 5.14. The van der Waals surface area contributed by atoms with Gasteiger partial charge >= 0.3 is 0 Å². The molecule has 3 fully saturated rings. The first kappa shape index (κ1) is 12.0. The van der Waals surface area contributed by atoms with Crippen molar-refractivity contribution in [1.82, 2.24) is 10.2 Å². The van der Waals surface area contributed by atoms with Gasteiger partial charge in [0.05, 0.1) is 0 Å². The molecule has 1 N–H and O–H groups in total. The summed E-state index contributed by atoms with van der Waals surface area (Å²) in [4.78, 5) is 2.78. The zero-order valence-electron chi connectivity index (χ0n) is 11.5. The normalized spacial score (nSPS) is 37.8. The maximum absolute atomic E-state index is 3.84. The van der Waals surface area contributed by atoms with E-state index in [9.17, 15) is 0 Å². The molecule has 1 aliphatic heterocycles. The average Bonchev–Trinajstić information content (AvgIpc) is 2.98. The summed E-state index contributed by atoms with van der Waals surface area (Å²) in [5, 5.41) is 3.84. The lowest BCUT2D eigenvalue weighted by molar-refractivity contribution is 0.0554. The van der Waals surface area contributed by atoms with Crippen molar-refractivity contribution >= 4 is 0 Å². The summed E-state index contributed by atoms with van der Waals surface area (Å²) >= 11 is 0. The third-order valence-electron chi connectivity index (χ3n) is 5.14. The van der Waals surface area contributed by atoms with Gasteiger partial charge in [-0.3, -0.25) is 4.90 Å². The van der Waals surface area contributed by atoms with Gasteiger partial charge in [0, 0.05) is 31.2 Å². The molecule has 1 heterocycles. The number of hydrogen-bond donors (Lipinski definition) is 1. The Balaban J connectivity index is 1.55. The van der Waals surface area contributed by atoms with Crippen LogP contribution in [0, 0.1) is 11.8 Å². The van der Waals surface area contributed by atoms with E-state index in [1.54, 1.807) is 0 Å². The summed E-state index contributed by atoms with van der Waals surface area (Å²) in [5.41, 5.74) is 0. The van der Waals surface area contributed by atoms with Crippen LogP contribution in [0.15, 0.2) is 0 Å². The molecule has 2 nitrogen and oxygen atoms in total. The summed E-state index contributed by atoms with van der Waals surface area (Å²) in [6.07, 6.45) is 8.66. The van der Waals surface area contributed by atoms with E-state index in [-0.39, 0.29) is 0 Å². The summed E-state index contributed by atoms with van der Waals surface area (Å²) in [5.74, 6) is 1.88. The second-order valence-electron chi connectivity index (χ2n) is 6.86. The molecule has 0 aromatic rings. The van der Waals surface area contributed by atoms with E-state index in [0.717, 1.165) is 30.0 Å². The largest absolute Gasteiger partial charge is 0.310 e. The molecule has 2 aliphatic carbocycles. The van der Waals surface area contributed by atoms with Crippen LogP contribution in [0.25, 0.3) is 0 Å². The molecule has 0 aromatic carbocycles. The molecule has 98 valence electrons. The molecular weight excluding hydrogens is 208 g/mol. The van der Waals surface area contributed by atoms with Gasteiger partial charge in [-0.15, -0.1) is 0 Å². The first-order chi connectivity index (χ1) is 8.22. The SMILES string of the molecule is CC1CC(NC2CC2)CN(C(C)C2CCC2)C1. The number of nitrogens with zero attached hydrogens (tertiary/aromatic N) is 1. The van der Waals surface area contributed by atoms with E-state index in [0.29, 0.717) is 0 Å². The first-order valence-corrected chi connectivity index (χ1v) is 7.72. The van der Waals surface area contributed by atoms with Crippen molar-refractivity contribution in [2.45, 2.75) is 70.5 Å². The predicted octanol–water partition coefficient (Wildman–Crippen LogP) is 2.64. The van der Waals surface area contributed by atoms with Crippen LogP contribution in [0.1, 0.15) is 52.4 Å². The Bertz CT molecular complexity index is 256. The van der Waals surface area contributed by atoms with Gasteiger partial charge in [0.1, 0.15) is 0 Å². The Kier molecular flexibility index (Phi) is 3.45. The molecule has 0 spiro atoms. The van der Waals surface area contributed by atoms with Crippen molar-refractivity contribution in [2.75, 3.05) is 13.1 Å². The van der Waals surface area contributed by atoms with Crippen molar-refractivity contribution in [3.8, 4) is 0 Å². The van der Waals surface area contributed by atoms with Crippen LogP contribution in [0.3, 0.4) is 0 Å². The number of rotatable bonds is 4. The summed E-state index contributed by atoms with van der Waals surface area (Å²) in [6.45, 7) is 7.54. The molecule has 3 aliphatic rings. The second-order valence-corrected chi connectivity index (χ2v) is 6.86. The van der Waals surface area contributed by atoms with E-state index in [4.69, 9.17) is 0 Å². The average molecular weight is 236 g/mol. The van der Waals surface area contributed by atoms with Crippen LogP contribution < -0.4 is 5.32 Å². The van der Waals surface area contributed by atoms with Crippen LogP contribution in [0.4, 0.5) is 0 Å². The van der Waals surface area contributed by atoms with Crippen LogP contribution >= 0.6 is 0 Å². The van der Waals surface area contributed by atoms with Crippen molar-refractivity contribution in [3.05, 3.63) is 0 Å². The number of nitrogens with one attached hydrogen (secondary N) is 1. The van der Waals surface area contributed by atoms with Crippen LogP contribution in [-0.4, -0.2) is 36.1 Å². The van der Waals surface area contributed by atoms with Gasteiger partial charge in [-0.1, -0.05) is 13.3 Å². The monoisotopic (exact) mass is 236 g/mol. The molecule has 17 heavy (non-hydrogen) atoms. The van der Waals surface area contributed by atoms with Crippen LogP contribution in [0.5, 0.6) is 0 Å². The lowest BCUT2D eigenvalue weighted by Gasteiger charge is -2.45. The highest BCUT2D eigenvalue weighted by molar-refractivity contribution is 4.92. The van der Waals surface area contributed by atoms with Gasteiger partial charge in [-0.05, 0) is 50.9 Å². The van der Waals surface area contributed by atoms with E-state index in [1.807, 2.05) is 0 Å². The Morgan fingerprint density at radius 2 is 1.82 bits per heavy atom. The second kappa shape index (κ2) is 4.89. The van der Waals surface area contributed by atoms with Crippen LogP contribution in [-0.2, 0) is 0 Å². The number of likely N-dealkylation sites (tertiary alicyclic amines) is 1. The van der Waals surface area contributed by atoms with Gasteiger partial charge in [0.25, 0.3) is 0 Å². The van der Waals surface area contributed by atoms with Gasteiger partial charge in [0.2, 0.25) is 0 Å². The van der Waals surface area contributed by atoms with Gasteiger partial charge in [0.15, 0.2) is 0 Å². The van der Waals surface area contributed by atoms with Crippen molar-refractivity contribution in [1.29, 1.82) is 0 Å². The lowest BCUT2D eigenvalue weighted by Crippen LogP contribution is -2.54. The molecule has 0 amide bonds. The Morgan fingerprint density at radius 3 is 2.41 bits per heavy atom. The first-order valence-electron chi connectivity index (χ1n) is 7.72. The van der Waals surface area contributed by atoms with E-state index in [2.05, 4.69) is 24.1 Å². The lowest BCUT2D eigenvalue weighted by atomic mass is 9.79. The Hall–Kier alpha value is -0.0800. The highest BCUT2D eigenvalue weighted by atomic mass is 15.2. The van der Waals surface area contributed by atoms with Gasteiger partial charge in [-0.2, -0.15) is 0 Å². The molecule has 3 atom stereocenters. The molecule has 0 aromatic heterocycles. The number of piperidine rings is 1. The quantitative estimate of drug-likeness (QED) is 0.807. The fraction of sp³-hybridized carbons (Fsp3) is 1.00. The molecule has 2 heteroatoms. The molecule has 2 saturated carbocycles. The maximum Gasteiger partial charge on any atom is 0.0200 e. The summed E-state index contributed by atoms with van der Waals surface area (Å²) < 4.78 is 0. The molecular formula is C15H28N2. The minimum absolute atomic E-state index is 0.772. The third kappa shape index (κ3) is 2.85. The van der Waals surface area contributed by atoms with Crippen molar-refractivity contribution in [3.63, 3.8) is 0 Å². The molecule has 0 radical (unpaired) electrons. The van der Waals surface area contributed by atoms with E-state index < -0.39 is 0 Å². The van der Waals surface area contributed by atoms with Crippen molar-refractivity contribution in [2.24, 2.45) is 11.8 Å². The summed E-state index contributed by atoms with van der Waals surface area (Å²) in [6, 6.07) is 2.47. The Morgan fingerprint density at radius 1 is 1.06 bits per heavy atom. The Labute approximate surface area is 106 Å². The van der Waals surface area contributed by atoms with Crippen LogP contribution in [0.2, 0.25) is 0 Å². The molecule has 0 bridgehead atoms. The van der Waals surface area contributed by atoms with E-state index in [1.165, 1.54) is 51.6 Å². The fourth-order valence-electron chi connectivity index (χ4n) is 3.65. The zero-order chi connectivity index (χ0) is 11.8. The summed E-state index contributed by atoms with van der Waals surface area (Å²) in [7, 11) is 0. The van der Waals surface area contributed by atoms with Crippen molar-refractivity contribution < 1.29 is 0 Å². The molecule has 3 unspecified atom stereocenters. The fourth-order valence-corrected chi connectivity index (χ4v) is 3.65. The molecule has 1 saturated heterocycles. The highest BCUT2D eigenvalue weighted by Crippen LogP contribution is 2.34. The highest BCUT2D eigenvalue weighted by Gasteiger charge is 2.35.